The third-order valence-electron chi connectivity index (χ3n) is 8.65. The lowest BCUT2D eigenvalue weighted by Gasteiger charge is -2.60. The van der Waals surface area contributed by atoms with Gasteiger partial charge in [-0.2, -0.15) is 0 Å². The number of rotatable bonds is 9. The lowest BCUT2D eigenvalue weighted by molar-refractivity contribution is -0.165. The van der Waals surface area contributed by atoms with Crippen LogP contribution in [0.4, 0.5) is 0 Å². The maximum atomic E-state index is 15.0. The van der Waals surface area contributed by atoms with E-state index in [0.29, 0.717) is 42.6 Å². The van der Waals surface area contributed by atoms with Crippen molar-refractivity contribution in [1.29, 1.82) is 0 Å². The van der Waals surface area contributed by atoms with Crippen molar-refractivity contribution < 1.29 is 19.1 Å². The smallest absolute Gasteiger partial charge is 0.184 e. The number of Topliss-reactive ketones (excluding diaryl/α,β-unsaturated/α-hetero) is 3. The largest absolute Gasteiger partial charge is 0.500 e. The minimum Gasteiger partial charge on any atom is -0.500 e. The molecule has 0 amide bonds. The van der Waals surface area contributed by atoms with Crippen LogP contribution in [0.2, 0.25) is 0 Å². The molecule has 0 heterocycles. The van der Waals surface area contributed by atoms with E-state index in [9.17, 15) is 9.59 Å². The van der Waals surface area contributed by atoms with Crippen LogP contribution in [0.25, 0.3) is 0 Å². The van der Waals surface area contributed by atoms with E-state index in [2.05, 4.69) is 26.0 Å². The van der Waals surface area contributed by atoms with Crippen LogP contribution in [0.3, 0.4) is 0 Å². The predicted molar refractivity (Wildman–Crippen MR) is 154 cm³/mol. The zero-order valence-corrected chi connectivity index (χ0v) is 24.7. The molecule has 4 nitrogen and oxygen atoms in total. The van der Waals surface area contributed by atoms with E-state index in [4.69, 9.17) is 4.74 Å². The van der Waals surface area contributed by atoms with Gasteiger partial charge in [0.2, 0.25) is 0 Å². The molecule has 2 aliphatic carbocycles. The quantitative estimate of drug-likeness (QED) is 0.189. The summed E-state index contributed by atoms with van der Waals surface area (Å²) in [5.41, 5.74) is 0.311. The molecule has 1 aromatic carbocycles. The van der Waals surface area contributed by atoms with Crippen molar-refractivity contribution in [2.24, 2.45) is 22.2 Å². The molecule has 204 valence electrons. The van der Waals surface area contributed by atoms with Crippen LogP contribution in [0.1, 0.15) is 91.4 Å². The second-order valence-corrected chi connectivity index (χ2v) is 12.3. The third-order valence-corrected chi connectivity index (χ3v) is 8.65. The number of carbonyl (C=O) groups excluding carboxylic acids is 3. The maximum absolute atomic E-state index is 15.0. The molecule has 2 bridgehead atoms. The molecule has 2 aliphatic rings. The van der Waals surface area contributed by atoms with Crippen molar-refractivity contribution >= 4 is 17.3 Å². The molecular formula is C34H44O4. The van der Waals surface area contributed by atoms with E-state index in [1.165, 1.54) is 5.57 Å². The Morgan fingerprint density at radius 2 is 1.50 bits per heavy atom. The number of benzene rings is 1. The van der Waals surface area contributed by atoms with Crippen molar-refractivity contribution in [3.8, 4) is 0 Å². The molecule has 1 saturated carbocycles. The first-order valence-electron chi connectivity index (χ1n) is 13.6. The Morgan fingerprint density at radius 3 is 2.03 bits per heavy atom. The molecule has 0 saturated heterocycles. The number of ether oxygens (including phenoxy) is 1. The second kappa shape index (κ2) is 11.0. The average molecular weight is 517 g/mol. The molecular weight excluding hydrogens is 472 g/mol. The number of allylic oxidation sites excluding steroid dienone is 8. The van der Waals surface area contributed by atoms with Crippen molar-refractivity contribution in [2.45, 2.75) is 81.1 Å². The highest BCUT2D eigenvalue weighted by molar-refractivity contribution is 6.36. The Hall–Kier alpha value is -3.01. The number of methoxy groups -OCH3 is 1. The number of ketones is 3. The fraction of sp³-hybridized carbons (Fsp3) is 0.500. The highest BCUT2D eigenvalue weighted by atomic mass is 16.5. The van der Waals surface area contributed by atoms with E-state index in [0.717, 1.165) is 11.1 Å². The first-order chi connectivity index (χ1) is 17.8. The normalized spacial score (nSPS) is 26.0. The van der Waals surface area contributed by atoms with Gasteiger partial charge in [-0.15, -0.1) is 0 Å². The van der Waals surface area contributed by atoms with Crippen LogP contribution in [0.15, 0.2) is 76.6 Å². The second-order valence-electron chi connectivity index (χ2n) is 12.3. The molecule has 4 heteroatoms. The average Bonchev–Trinajstić information content (AvgIpc) is 2.85. The molecule has 38 heavy (non-hydrogen) atoms. The SMILES string of the molecule is COC1=C(CC=C(C)C)C(=O)C2(C(=O)c3ccccc3)C(=O)C1(CC=C(C)C)CC(CC=C(C)C)C2(C)C. The molecule has 3 unspecified atom stereocenters. The van der Waals surface area contributed by atoms with Crippen molar-refractivity contribution in [3.63, 3.8) is 0 Å². The van der Waals surface area contributed by atoms with Gasteiger partial charge in [-0.25, -0.2) is 0 Å². The summed E-state index contributed by atoms with van der Waals surface area (Å²) in [6, 6.07) is 8.85. The molecule has 1 aromatic rings. The number of fused-ring (bicyclic) bond motifs is 2. The standard InChI is InChI=1S/C34H44O4/c1-22(2)15-17-26-21-33(20-19-24(5)6)30(38-9)27(18-16-23(3)4)29(36)34(31(33)37,32(26,7)8)28(35)25-13-11-10-12-14-25/h10-16,19,26H,17-18,20-21H2,1-9H3. The Bertz CT molecular complexity index is 1230. The zero-order valence-electron chi connectivity index (χ0n) is 24.7. The van der Waals surface area contributed by atoms with E-state index in [1.807, 2.05) is 53.7 Å². The van der Waals surface area contributed by atoms with E-state index in [1.54, 1.807) is 31.4 Å². The first kappa shape index (κ1) is 29.5. The van der Waals surface area contributed by atoms with Gasteiger partial charge < -0.3 is 4.74 Å². The summed E-state index contributed by atoms with van der Waals surface area (Å²) in [6.45, 7) is 16.0. The summed E-state index contributed by atoms with van der Waals surface area (Å²) in [6.07, 6.45) is 8.13. The molecule has 0 aromatic heterocycles. The molecule has 3 rings (SSSR count). The van der Waals surface area contributed by atoms with Crippen LogP contribution in [0.5, 0.6) is 0 Å². The van der Waals surface area contributed by atoms with Crippen LogP contribution in [0, 0.1) is 22.2 Å². The summed E-state index contributed by atoms with van der Waals surface area (Å²) < 4.78 is 6.02. The molecule has 1 fully saturated rings. The van der Waals surface area contributed by atoms with Gasteiger partial charge in [0.15, 0.2) is 22.8 Å². The van der Waals surface area contributed by atoms with Gasteiger partial charge >= 0.3 is 0 Å². The maximum Gasteiger partial charge on any atom is 0.184 e. The predicted octanol–water partition coefficient (Wildman–Crippen LogP) is 8.01. The van der Waals surface area contributed by atoms with Gasteiger partial charge in [0, 0.05) is 11.1 Å². The van der Waals surface area contributed by atoms with Crippen LogP contribution in [-0.4, -0.2) is 24.5 Å². The Labute approximate surface area is 228 Å². The summed E-state index contributed by atoms with van der Waals surface area (Å²) in [7, 11) is 1.56. The summed E-state index contributed by atoms with van der Waals surface area (Å²) in [5.74, 6) is -0.751. The number of hydrogen-bond acceptors (Lipinski definition) is 4. The van der Waals surface area contributed by atoms with Crippen LogP contribution >= 0.6 is 0 Å². The van der Waals surface area contributed by atoms with Gasteiger partial charge in [-0.3, -0.25) is 14.4 Å². The van der Waals surface area contributed by atoms with Gasteiger partial charge in [-0.1, -0.05) is 79.1 Å². The lowest BCUT2D eigenvalue weighted by Crippen LogP contribution is -2.69. The molecule has 0 aliphatic heterocycles. The van der Waals surface area contributed by atoms with Gasteiger partial charge in [0.1, 0.15) is 5.76 Å². The minimum atomic E-state index is -1.84. The molecule has 0 N–H and O–H groups in total. The first-order valence-corrected chi connectivity index (χ1v) is 13.6. The Kier molecular flexibility index (Phi) is 8.55. The van der Waals surface area contributed by atoms with E-state index in [-0.39, 0.29) is 11.7 Å². The van der Waals surface area contributed by atoms with Crippen molar-refractivity contribution in [3.05, 3.63) is 82.2 Å². The van der Waals surface area contributed by atoms with Crippen LogP contribution < -0.4 is 0 Å². The molecule has 0 radical (unpaired) electrons. The highest BCUT2D eigenvalue weighted by Gasteiger charge is 2.75. The van der Waals surface area contributed by atoms with Gasteiger partial charge in [0.25, 0.3) is 0 Å². The van der Waals surface area contributed by atoms with Crippen molar-refractivity contribution in [1.82, 2.24) is 0 Å². The Balaban J connectivity index is 2.49. The van der Waals surface area contributed by atoms with Gasteiger partial charge in [0.05, 0.1) is 12.5 Å². The topological polar surface area (TPSA) is 60.4 Å². The van der Waals surface area contributed by atoms with Crippen LogP contribution in [-0.2, 0) is 14.3 Å². The summed E-state index contributed by atoms with van der Waals surface area (Å²) in [5, 5.41) is 0. The van der Waals surface area contributed by atoms with Crippen molar-refractivity contribution in [2.75, 3.05) is 7.11 Å². The highest BCUT2D eigenvalue weighted by Crippen LogP contribution is 2.66. The fourth-order valence-electron chi connectivity index (χ4n) is 6.45. The van der Waals surface area contributed by atoms with E-state index >= 15 is 4.79 Å². The third kappa shape index (κ3) is 4.67. The number of hydrogen-bond donors (Lipinski definition) is 0. The zero-order chi connectivity index (χ0) is 28.5. The number of carbonyl (C=O) groups is 3. The molecule has 0 spiro atoms. The summed E-state index contributed by atoms with van der Waals surface area (Å²) in [4.78, 5) is 44.5. The van der Waals surface area contributed by atoms with E-state index < -0.39 is 27.8 Å². The molecule has 3 atom stereocenters. The minimum absolute atomic E-state index is 0.0903. The summed E-state index contributed by atoms with van der Waals surface area (Å²) >= 11 is 0. The lowest BCUT2D eigenvalue weighted by atomic mass is 9.39. The monoisotopic (exact) mass is 516 g/mol. The van der Waals surface area contributed by atoms with Gasteiger partial charge in [-0.05, 0) is 78.6 Å². The Morgan fingerprint density at radius 1 is 0.921 bits per heavy atom. The fourth-order valence-corrected chi connectivity index (χ4v) is 6.45.